The Morgan fingerprint density at radius 3 is 2.61 bits per heavy atom. The van der Waals surface area contributed by atoms with Crippen LogP contribution in [0.3, 0.4) is 0 Å². The van der Waals surface area contributed by atoms with Gasteiger partial charge in [0.1, 0.15) is 0 Å². The summed E-state index contributed by atoms with van der Waals surface area (Å²) in [6.07, 6.45) is 5.47. The molecular formula is C24H29N5O2. The standard InChI is InChI=1S/C24H29N5O2/c1-17-13-18(2)22(26-14-17)15-29(20-8-11-28(12-9-20)24(30)27-31)16-23-21-6-4-3-5-19(21)7-10-25-23/h3-7,10,13-14,20,31H,8-9,11-12,15-16H2,1-2H3,(H,27,30). The van der Waals surface area contributed by atoms with Crippen molar-refractivity contribution in [1.29, 1.82) is 0 Å². The number of hydroxylamine groups is 1. The third kappa shape index (κ3) is 4.84. The summed E-state index contributed by atoms with van der Waals surface area (Å²) in [5.41, 5.74) is 6.22. The van der Waals surface area contributed by atoms with Crippen molar-refractivity contribution in [3.63, 3.8) is 0 Å². The summed E-state index contributed by atoms with van der Waals surface area (Å²) in [5, 5.41) is 11.3. The van der Waals surface area contributed by atoms with Gasteiger partial charge in [0.05, 0.1) is 11.4 Å². The monoisotopic (exact) mass is 419 g/mol. The molecule has 0 aliphatic carbocycles. The third-order valence-electron chi connectivity index (χ3n) is 6.15. The Labute approximate surface area is 182 Å². The molecule has 0 saturated carbocycles. The van der Waals surface area contributed by atoms with Gasteiger partial charge in [0.15, 0.2) is 0 Å². The Hall–Kier alpha value is -3.03. The molecule has 0 atom stereocenters. The van der Waals surface area contributed by atoms with Gasteiger partial charge in [-0.2, -0.15) is 0 Å². The number of nitrogens with one attached hydrogen (secondary N) is 1. The van der Waals surface area contributed by atoms with Crippen LogP contribution < -0.4 is 5.48 Å². The second kappa shape index (κ2) is 9.41. The molecule has 0 spiro atoms. The minimum atomic E-state index is -0.434. The van der Waals surface area contributed by atoms with Gasteiger partial charge in [-0.05, 0) is 49.3 Å². The number of carbonyl (C=O) groups is 1. The van der Waals surface area contributed by atoms with Crippen molar-refractivity contribution < 1.29 is 10.0 Å². The lowest BCUT2D eigenvalue weighted by Gasteiger charge is -2.38. The first-order valence-electron chi connectivity index (χ1n) is 10.7. The number of benzene rings is 1. The SMILES string of the molecule is Cc1cnc(CN(Cc2nccc3ccccc23)C2CCN(C(=O)NO)CC2)c(C)c1. The van der Waals surface area contributed by atoms with E-state index in [1.807, 2.05) is 24.5 Å². The van der Waals surface area contributed by atoms with E-state index in [-0.39, 0.29) is 0 Å². The molecule has 1 fully saturated rings. The largest absolute Gasteiger partial charge is 0.341 e. The van der Waals surface area contributed by atoms with Crippen molar-refractivity contribution in [2.75, 3.05) is 13.1 Å². The van der Waals surface area contributed by atoms with Crippen LogP contribution in [-0.4, -0.2) is 50.1 Å². The molecule has 162 valence electrons. The summed E-state index contributed by atoms with van der Waals surface area (Å²) >= 11 is 0. The summed E-state index contributed by atoms with van der Waals surface area (Å²) in [5.74, 6) is 0. The normalized spacial score (nSPS) is 14.9. The van der Waals surface area contributed by atoms with Crippen molar-refractivity contribution in [3.05, 3.63) is 71.3 Å². The summed E-state index contributed by atoms with van der Waals surface area (Å²) in [6.45, 7) is 6.83. The number of urea groups is 1. The topological polar surface area (TPSA) is 81.6 Å². The maximum atomic E-state index is 11.8. The van der Waals surface area contributed by atoms with Crippen LogP contribution in [0.1, 0.15) is 35.4 Å². The van der Waals surface area contributed by atoms with Crippen molar-refractivity contribution in [2.45, 2.75) is 45.8 Å². The van der Waals surface area contributed by atoms with Crippen molar-refractivity contribution >= 4 is 16.8 Å². The van der Waals surface area contributed by atoms with Crippen LogP contribution in [0, 0.1) is 13.8 Å². The molecule has 2 amide bonds. The van der Waals surface area contributed by atoms with E-state index >= 15 is 0 Å². The fourth-order valence-electron chi connectivity index (χ4n) is 4.42. The van der Waals surface area contributed by atoms with Crippen molar-refractivity contribution in [3.8, 4) is 0 Å². The molecule has 1 aliphatic heterocycles. The molecule has 1 aliphatic rings. The maximum absolute atomic E-state index is 11.8. The number of aromatic nitrogens is 2. The van der Waals surface area contributed by atoms with E-state index < -0.39 is 6.03 Å². The van der Waals surface area contributed by atoms with E-state index in [9.17, 15) is 4.79 Å². The molecule has 0 bridgehead atoms. The van der Waals surface area contributed by atoms with Crippen LogP contribution in [-0.2, 0) is 13.1 Å². The van der Waals surface area contributed by atoms with Crippen LogP contribution in [0.2, 0.25) is 0 Å². The minimum absolute atomic E-state index is 0.297. The minimum Gasteiger partial charge on any atom is -0.323 e. The molecule has 1 saturated heterocycles. The molecule has 1 aromatic carbocycles. The van der Waals surface area contributed by atoms with E-state index in [1.54, 1.807) is 10.4 Å². The summed E-state index contributed by atoms with van der Waals surface area (Å²) < 4.78 is 0. The Morgan fingerprint density at radius 2 is 1.87 bits per heavy atom. The molecule has 3 aromatic rings. The van der Waals surface area contributed by atoms with Gasteiger partial charge in [0.2, 0.25) is 0 Å². The number of rotatable bonds is 5. The molecule has 2 aromatic heterocycles. The number of likely N-dealkylation sites (tertiary alicyclic amines) is 1. The first kappa shape index (κ1) is 21.2. The predicted octanol–water partition coefficient (Wildman–Crippen LogP) is 3.81. The highest BCUT2D eigenvalue weighted by molar-refractivity contribution is 5.84. The van der Waals surface area contributed by atoms with Gasteiger partial charge in [0, 0.05) is 50.0 Å². The molecule has 4 rings (SSSR count). The van der Waals surface area contributed by atoms with E-state index in [0.717, 1.165) is 36.3 Å². The highest BCUT2D eigenvalue weighted by Crippen LogP contribution is 2.24. The van der Waals surface area contributed by atoms with Crippen LogP contribution in [0.25, 0.3) is 10.8 Å². The predicted molar refractivity (Wildman–Crippen MR) is 120 cm³/mol. The highest BCUT2D eigenvalue weighted by Gasteiger charge is 2.28. The van der Waals surface area contributed by atoms with Gasteiger partial charge in [-0.25, -0.2) is 10.3 Å². The number of hydrogen-bond acceptors (Lipinski definition) is 5. The van der Waals surface area contributed by atoms with Gasteiger partial charge in [-0.15, -0.1) is 0 Å². The molecular weight excluding hydrogens is 390 g/mol. The number of hydrogen-bond donors (Lipinski definition) is 2. The van der Waals surface area contributed by atoms with Crippen LogP contribution >= 0.6 is 0 Å². The lowest BCUT2D eigenvalue weighted by Crippen LogP contribution is -2.48. The fourth-order valence-corrected chi connectivity index (χ4v) is 4.42. The van der Waals surface area contributed by atoms with Crippen LogP contribution in [0.5, 0.6) is 0 Å². The van der Waals surface area contributed by atoms with Gasteiger partial charge < -0.3 is 4.90 Å². The fraction of sp³-hybridized carbons (Fsp3) is 0.375. The lowest BCUT2D eigenvalue weighted by molar-refractivity contribution is 0.0854. The number of aryl methyl sites for hydroxylation is 2. The molecule has 0 unspecified atom stereocenters. The number of amides is 2. The second-order valence-electron chi connectivity index (χ2n) is 8.30. The molecule has 2 N–H and O–H groups in total. The molecule has 31 heavy (non-hydrogen) atoms. The van der Waals surface area contributed by atoms with Crippen molar-refractivity contribution in [2.24, 2.45) is 0 Å². The number of carbonyl (C=O) groups excluding carboxylic acids is 1. The van der Waals surface area contributed by atoms with Crippen LogP contribution in [0.4, 0.5) is 4.79 Å². The molecule has 3 heterocycles. The van der Waals surface area contributed by atoms with E-state index in [2.05, 4.69) is 43.0 Å². The van der Waals surface area contributed by atoms with Crippen LogP contribution in [0.15, 0.2) is 48.8 Å². The number of piperidine rings is 1. The number of pyridine rings is 2. The first-order valence-corrected chi connectivity index (χ1v) is 10.7. The Bertz CT molecular complexity index is 1060. The smallest absolute Gasteiger partial charge is 0.323 e. The van der Waals surface area contributed by atoms with Crippen molar-refractivity contribution in [1.82, 2.24) is 25.2 Å². The first-order chi connectivity index (χ1) is 15.0. The Kier molecular flexibility index (Phi) is 6.44. The van der Waals surface area contributed by atoms with E-state index in [4.69, 9.17) is 15.2 Å². The Morgan fingerprint density at radius 1 is 1.13 bits per heavy atom. The van der Waals surface area contributed by atoms with E-state index in [0.29, 0.717) is 25.7 Å². The summed E-state index contributed by atoms with van der Waals surface area (Å²) in [6, 6.07) is 12.4. The highest BCUT2D eigenvalue weighted by atomic mass is 16.5. The maximum Gasteiger partial charge on any atom is 0.341 e. The third-order valence-corrected chi connectivity index (χ3v) is 6.15. The molecule has 0 radical (unpaired) electrons. The average molecular weight is 420 g/mol. The second-order valence-corrected chi connectivity index (χ2v) is 8.30. The summed E-state index contributed by atoms with van der Waals surface area (Å²) in [7, 11) is 0. The summed E-state index contributed by atoms with van der Waals surface area (Å²) in [4.78, 5) is 25.3. The number of nitrogens with zero attached hydrogens (tertiary/aromatic N) is 4. The van der Waals surface area contributed by atoms with E-state index in [1.165, 1.54) is 16.3 Å². The zero-order valence-electron chi connectivity index (χ0n) is 18.1. The van der Waals surface area contributed by atoms with Gasteiger partial charge in [-0.3, -0.25) is 20.1 Å². The Balaban J connectivity index is 1.60. The average Bonchev–Trinajstić information content (AvgIpc) is 2.80. The zero-order chi connectivity index (χ0) is 21.8. The van der Waals surface area contributed by atoms with Gasteiger partial charge >= 0.3 is 6.03 Å². The number of fused-ring (bicyclic) bond motifs is 1. The van der Waals surface area contributed by atoms with Gasteiger partial charge in [-0.1, -0.05) is 30.3 Å². The van der Waals surface area contributed by atoms with Gasteiger partial charge in [0.25, 0.3) is 0 Å². The zero-order valence-corrected chi connectivity index (χ0v) is 18.1. The quantitative estimate of drug-likeness (QED) is 0.485. The lowest BCUT2D eigenvalue weighted by atomic mass is 10.0. The molecule has 7 nitrogen and oxygen atoms in total. The molecule has 7 heteroatoms.